The first-order chi connectivity index (χ1) is 26.6. The molecule has 0 bridgehead atoms. The highest BCUT2D eigenvalue weighted by atomic mass is 35.5. The maximum atomic E-state index is 11.8. The lowest BCUT2D eigenvalue weighted by atomic mass is 10.2. The summed E-state index contributed by atoms with van der Waals surface area (Å²) in [6.07, 6.45) is 17.6. The van der Waals surface area contributed by atoms with E-state index in [-0.39, 0.29) is 26.6 Å². The molecule has 12 nitrogen and oxygen atoms in total. The fraction of sp³-hybridized carbons (Fsp3) is 0.550. The van der Waals surface area contributed by atoms with E-state index in [1.54, 1.807) is 43.1 Å². The number of carbonyl (C=O) groups is 2. The Morgan fingerprint density at radius 3 is 1.73 bits per heavy atom. The second-order valence-electron chi connectivity index (χ2n) is 15.4. The van der Waals surface area contributed by atoms with Crippen molar-refractivity contribution in [2.45, 2.75) is 78.1 Å². The highest BCUT2D eigenvalue weighted by Gasteiger charge is 2.86. The van der Waals surface area contributed by atoms with Gasteiger partial charge in [-0.25, -0.2) is 29.3 Å². The number of rotatable bonds is 13. The molecule has 6 aliphatic carbocycles. The quantitative estimate of drug-likeness (QED) is 0.103. The van der Waals surface area contributed by atoms with Crippen molar-refractivity contribution < 1.29 is 28.5 Å². The van der Waals surface area contributed by atoms with Crippen LogP contribution in [0.1, 0.15) is 98.8 Å². The molecular formula is C40H45Cl3N6O6. The Balaban J connectivity index is 0.000000129. The molecule has 4 aromatic rings. The third-order valence-corrected chi connectivity index (χ3v) is 13.7. The van der Waals surface area contributed by atoms with Gasteiger partial charge in [0, 0.05) is 18.3 Å². The van der Waals surface area contributed by atoms with Crippen LogP contribution >= 0.6 is 34.8 Å². The van der Waals surface area contributed by atoms with Crippen LogP contribution < -0.4 is 9.47 Å². The lowest BCUT2D eigenvalue weighted by molar-refractivity contribution is 0.0516. The Morgan fingerprint density at radius 2 is 1.25 bits per heavy atom. The van der Waals surface area contributed by atoms with Crippen LogP contribution in [0.5, 0.6) is 11.8 Å². The lowest BCUT2D eigenvalue weighted by Gasteiger charge is -2.06. The van der Waals surface area contributed by atoms with E-state index in [1.807, 2.05) is 12.1 Å². The van der Waals surface area contributed by atoms with E-state index in [0.29, 0.717) is 31.5 Å². The zero-order valence-corrected chi connectivity index (χ0v) is 33.3. The average molecular weight is 812 g/mol. The van der Waals surface area contributed by atoms with Crippen LogP contribution in [0.25, 0.3) is 5.82 Å². The monoisotopic (exact) mass is 810 g/mol. The Hall–Kier alpha value is -3.87. The smallest absolute Gasteiger partial charge is 0.341 e. The van der Waals surface area contributed by atoms with Crippen LogP contribution in [0.3, 0.4) is 0 Å². The molecule has 4 heterocycles. The Morgan fingerprint density at radius 1 is 0.727 bits per heavy atom. The number of nitrogens with one attached hydrogen (secondary N) is 1. The number of pyridine rings is 2. The van der Waals surface area contributed by atoms with Gasteiger partial charge in [0.2, 0.25) is 11.8 Å². The summed E-state index contributed by atoms with van der Waals surface area (Å²) in [5.41, 5.74) is 3.56. The van der Waals surface area contributed by atoms with Gasteiger partial charge in [0.25, 0.3) is 0 Å². The van der Waals surface area contributed by atoms with E-state index in [9.17, 15) is 9.59 Å². The first-order valence-electron chi connectivity index (χ1n) is 19.3. The van der Waals surface area contributed by atoms with Gasteiger partial charge < -0.3 is 18.9 Å². The van der Waals surface area contributed by atoms with E-state index in [4.69, 9.17) is 53.8 Å². The topological polar surface area (TPSA) is 143 Å². The Bertz CT molecular complexity index is 2000. The minimum Gasteiger partial charge on any atom is -0.478 e. The first kappa shape index (κ1) is 38.0. The number of aromatic nitrogens is 6. The molecule has 1 N–H and O–H groups in total. The van der Waals surface area contributed by atoms with Crippen LogP contribution in [0.2, 0.25) is 15.5 Å². The predicted molar refractivity (Wildman–Crippen MR) is 205 cm³/mol. The Kier molecular flexibility index (Phi) is 10.3. The summed E-state index contributed by atoms with van der Waals surface area (Å²) in [7, 11) is 0. The van der Waals surface area contributed by atoms with Crippen LogP contribution in [0, 0.1) is 33.5 Å². The molecule has 0 unspecified atom stereocenters. The van der Waals surface area contributed by atoms with Crippen molar-refractivity contribution in [3.63, 3.8) is 0 Å². The molecule has 0 amide bonds. The second-order valence-corrected chi connectivity index (χ2v) is 16.5. The zero-order chi connectivity index (χ0) is 38.4. The van der Waals surface area contributed by atoms with Gasteiger partial charge in [0.05, 0.1) is 43.8 Å². The molecule has 6 fully saturated rings. The van der Waals surface area contributed by atoms with E-state index in [0.717, 1.165) is 52.4 Å². The standard InChI is InChI=1S/C20H22ClN3O3.C12H16N2O.C8H7Cl2NO2/c1-2-26-18(25)13-3-4-15(22-17(13)21)24-11-5-16(23-24)27-12-6-14-19(7-8-19)20(14)9-10-20;1-7-13-14-10(1)15-8-2-9-11(3-4-11)12(9)5-6-12;1-2-13-8(12)5-3-4-6(9)11-7(5)10/h3-5,11,14H,2,6-10,12H2,1H3;1,7,9H,2-6,8H2,(H,13,14);3-4H,2H2,1H3. The number of hydrogen-bond acceptors (Lipinski definition) is 10. The fourth-order valence-electron chi connectivity index (χ4n) is 9.80. The zero-order valence-electron chi connectivity index (χ0n) is 31.0. The number of esters is 2. The average Bonchev–Trinajstić information content (AvgIpc) is 3.90. The third kappa shape index (κ3) is 7.30. The number of aromatic amines is 1. The molecule has 15 heteroatoms. The van der Waals surface area contributed by atoms with Crippen molar-refractivity contribution in [3.8, 4) is 17.6 Å². The number of halogens is 3. The number of hydrogen-bond donors (Lipinski definition) is 1. The molecule has 0 aromatic carbocycles. The van der Waals surface area contributed by atoms with Gasteiger partial charge in [0.1, 0.15) is 15.5 Å². The molecule has 0 atom stereocenters. The molecule has 292 valence electrons. The van der Waals surface area contributed by atoms with E-state index in [1.165, 1.54) is 69.9 Å². The Labute approximate surface area is 334 Å². The SMILES string of the molecule is CCOC(=O)c1ccc(-n2ccc(OCCC3C4(CC4)C34CC4)n2)nc1Cl.CCOC(=O)c1ccc(Cl)nc1Cl.c1cc(OCCC2C3(CC3)C23CC3)[nH]n1. The van der Waals surface area contributed by atoms with Crippen LogP contribution in [0.15, 0.2) is 48.8 Å². The normalized spacial score (nSPS) is 20.2. The number of nitrogens with zero attached hydrogens (tertiary/aromatic N) is 5. The molecule has 6 aliphatic rings. The largest absolute Gasteiger partial charge is 0.478 e. The lowest BCUT2D eigenvalue weighted by Crippen LogP contribution is -2.08. The van der Waals surface area contributed by atoms with Gasteiger partial charge in [-0.05, 0) is 136 Å². The van der Waals surface area contributed by atoms with Crippen LogP contribution in [-0.4, -0.2) is 68.3 Å². The number of fused-ring (bicyclic) bond motifs is 2. The van der Waals surface area contributed by atoms with Crippen molar-refractivity contribution in [3.05, 3.63) is 75.4 Å². The van der Waals surface area contributed by atoms with Crippen molar-refractivity contribution in [2.24, 2.45) is 33.5 Å². The van der Waals surface area contributed by atoms with Crippen molar-refractivity contribution in [2.75, 3.05) is 26.4 Å². The van der Waals surface area contributed by atoms with Gasteiger partial charge in [-0.15, -0.1) is 5.10 Å². The van der Waals surface area contributed by atoms with Gasteiger partial charge in [-0.2, -0.15) is 5.10 Å². The summed E-state index contributed by atoms with van der Waals surface area (Å²) in [6.45, 7) is 5.63. The van der Waals surface area contributed by atoms with Crippen molar-refractivity contribution in [1.82, 2.24) is 29.9 Å². The number of H-pyrrole nitrogens is 1. The summed E-state index contributed by atoms with van der Waals surface area (Å²) in [5.74, 6) is 2.82. The minimum absolute atomic E-state index is 0.0611. The number of ether oxygens (including phenoxy) is 4. The maximum Gasteiger partial charge on any atom is 0.341 e. The highest BCUT2D eigenvalue weighted by Crippen LogP contribution is 2.93. The van der Waals surface area contributed by atoms with Crippen LogP contribution in [0.4, 0.5) is 0 Å². The molecule has 0 saturated heterocycles. The molecule has 4 aromatic heterocycles. The maximum absolute atomic E-state index is 11.8. The summed E-state index contributed by atoms with van der Waals surface area (Å²) < 4.78 is 22.8. The minimum atomic E-state index is -0.489. The van der Waals surface area contributed by atoms with Crippen molar-refractivity contribution in [1.29, 1.82) is 0 Å². The summed E-state index contributed by atoms with van der Waals surface area (Å²) >= 11 is 17.3. The summed E-state index contributed by atoms with van der Waals surface area (Å²) in [6, 6.07) is 9.96. The van der Waals surface area contributed by atoms with Gasteiger partial charge in [-0.1, -0.05) is 34.8 Å². The highest BCUT2D eigenvalue weighted by molar-refractivity contribution is 6.34. The molecule has 4 spiro atoms. The molecule has 0 aliphatic heterocycles. The molecule has 55 heavy (non-hydrogen) atoms. The summed E-state index contributed by atoms with van der Waals surface area (Å²) in [5, 5.41) is 11.5. The molecular weight excluding hydrogens is 767 g/mol. The third-order valence-electron chi connectivity index (χ3n) is 12.9. The molecule has 10 rings (SSSR count). The van der Waals surface area contributed by atoms with Gasteiger partial charge in [0.15, 0.2) is 5.82 Å². The van der Waals surface area contributed by atoms with Gasteiger partial charge >= 0.3 is 11.9 Å². The summed E-state index contributed by atoms with van der Waals surface area (Å²) in [4.78, 5) is 30.9. The second kappa shape index (κ2) is 14.9. The van der Waals surface area contributed by atoms with E-state index < -0.39 is 11.9 Å². The first-order valence-corrected chi connectivity index (χ1v) is 20.4. The molecule has 0 radical (unpaired) electrons. The fourth-order valence-corrected chi connectivity index (χ4v) is 10.4. The van der Waals surface area contributed by atoms with E-state index in [2.05, 4.69) is 25.3 Å². The molecule has 6 saturated carbocycles. The predicted octanol–water partition coefficient (Wildman–Crippen LogP) is 8.99. The van der Waals surface area contributed by atoms with Gasteiger partial charge in [-0.3, -0.25) is 0 Å². The van der Waals surface area contributed by atoms with Crippen LogP contribution in [-0.2, 0) is 9.47 Å². The number of carbonyl (C=O) groups excluding carboxylic acids is 2. The van der Waals surface area contributed by atoms with E-state index >= 15 is 0 Å². The van der Waals surface area contributed by atoms with Crippen molar-refractivity contribution >= 4 is 46.7 Å².